The van der Waals surface area contributed by atoms with Gasteiger partial charge in [0.25, 0.3) is 5.91 Å². The lowest BCUT2D eigenvalue weighted by atomic mass is 9.99. The maximum atomic E-state index is 13.6. The molecule has 0 aromatic heterocycles. The van der Waals surface area contributed by atoms with E-state index in [-0.39, 0.29) is 5.75 Å². The minimum atomic E-state index is -1.04. The van der Waals surface area contributed by atoms with E-state index < -0.39 is 41.6 Å². The van der Waals surface area contributed by atoms with Crippen molar-refractivity contribution in [2.45, 2.75) is 72.2 Å². The molecule has 0 heterocycles. The van der Waals surface area contributed by atoms with Gasteiger partial charge in [-0.15, -0.1) is 0 Å². The maximum absolute atomic E-state index is 13.6. The first-order valence-electron chi connectivity index (χ1n) is 11.8. The summed E-state index contributed by atoms with van der Waals surface area (Å²) in [6.07, 6.45) is -0.730. The van der Waals surface area contributed by atoms with E-state index in [1.807, 2.05) is 0 Å². The number of hydrogen-bond donors (Lipinski definition) is 3. The van der Waals surface area contributed by atoms with Crippen LogP contribution in [0.1, 0.15) is 58.7 Å². The van der Waals surface area contributed by atoms with Crippen molar-refractivity contribution in [1.82, 2.24) is 10.2 Å². The molecule has 2 rings (SSSR count). The molecule has 2 atom stereocenters. The monoisotopic (exact) mass is 499 g/mol. The number of amides is 3. The second kappa shape index (κ2) is 11.8. The van der Waals surface area contributed by atoms with Crippen LogP contribution >= 0.6 is 0 Å². The standard InChI is InChI=1S/C27H37N3O6/c1-16(2)30(25(33)18(4)28-26(34)36-27(5,6)7)23(19-9-14-22(31)17(3)15-19)24(32)29-20-10-12-21(35-8)13-11-20/h9-16,18,23,31H,1-8H3,(H,28,34)(H,29,32). The van der Waals surface area contributed by atoms with Crippen LogP contribution in [-0.4, -0.2) is 52.7 Å². The Labute approximate surface area is 212 Å². The number of alkyl carbamates (subject to hydrolysis) is 1. The quantitative estimate of drug-likeness (QED) is 0.491. The zero-order valence-corrected chi connectivity index (χ0v) is 22.2. The molecule has 3 amide bonds. The molecule has 196 valence electrons. The highest BCUT2D eigenvalue weighted by Gasteiger charge is 2.36. The van der Waals surface area contributed by atoms with E-state index in [0.717, 1.165) is 0 Å². The van der Waals surface area contributed by atoms with Crippen LogP contribution in [0, 0.1) is 6.92 Å². The summed E-state index contributed by atoms with van der Waals surface area (Å²) in [6, 6.07) is 9.19. The van der Waals surface area contributed by atoms with E-state index in [9.17, 15) is 19.5 Å². The minimum absolute atomic E-state index is 0.0791. The summed E-state index contributed by atoms with van der Waals surface area (Å²) in [5, 5.41) is 15.5. The maximum Gasteiger partial charge on any atom is 0.408 e. The zero-order valence-electron chi connectivity index (χ0n) is 22.2. The predicted molar refractivity (Wildman–Crippen MR) is 138 cm³/mol. The van der Waals surface area contributed by atoms with E-state index in [4.69, 9.17) is 9.47 Å². The van der Waals surface area contributed by atoms with Crippen molar-refractivity contribution in [3.05, 3.63) is 53.6 Å². The topological polar surface area (TPSA) is 117 Å². The first-order chi connectivity index (χ1) is 16.7. The molecule has 3 N–H and O–H groups in total. The van der Waals surface area contributed by atoms with Crippen molar-refractivity contribution in [2.24, 2.45) is 0 Å². The van der Waals surface area contributed by atoms with Gasteiger partial charge in [0, 0.05) is 11.7 Å². The van der Waals surface area contributed by atoms with Crippen LogP contribution < -0.4 is 15.4 Å². The Balaban J connectivity index is 2.43. The second-order valence-corrected chi connectivity index (χ2v) is 9.87. The third-order valence-corrected chi connectivity index (χ3v) is 5.34. The van der Waals surface area contributed by atoms with Gasteiger partial charge in [-0.1, -0.05) is 6.07 Å². The van der Waals surface area contributed by atoms with Crippen LogP contribution in [0.5, 0.6) is 11.5 Å². The smallest absolute Gasteiger partial charge is 0.408 e. The Hall–Kier alpha value is -3.75. The highest BCUT2D eigenvalue weighted by atomic mass is 16.6. The van der Waals surface area contributed by atoms with Gasteiger partial charge in [-0.2, -0.15) is 0 Å². The fourth-order valence-corrected chi connectivity index (χ4v) is 3.62. The lowest BCUT2D eigenvalue weighted by molar-refractivity contribution is -0.142. The third kappa shape index (κ3) is 7.63. The van der Waals surface area contributed by atoms with Crippen molar-refractivity contribution >= 4 is 23.6 Å². The molecule has 0 saturated carbocycles. The van der Waals surface area contributed by atoms with Crippen molar-refractivity contribution in [1.29, 1.82) is 0 Å². The van der Waals surface area contributed by atoms with Gasteiger partial charge in [-0.25, -0.2) is 4.79 Å². The number of anilines is 1. The lowest BCUT2D eigenvalue weighted by Crippen LogP contribution is -2.53. The number of ether oxygens (including phenoxy) is 2. The molecule has 36 heavy (non-hydrogen) atoms. The number of phenols is 1. The molecule has 9 nitrogen and oxygen atoms in total. The Morgan fingerprint density at radius 3 is 2.11 bits per heavy atom. The number of benzene rings is 2. The molecular weight excluding hydrogens is 462 g/mol. The first-order valence-corrected chi connectivity index (χ1v) is 11.8. The van der Waals surface area contributed by atoms with E-state index in [2.05, 4.69) is 10.6 Å². The fraction of sp³-hybridized carbons (Fsp3) is 0.444. The fourth-order valence-electron chi connectivity index (χ4n) is 3.62. The number of phenolic OH excluding ortho intramolecular Hbond substituents is 1. The van der Waals surface area contributed by atoms with Crippen molar-refractivity contribution in [3.63, 3.8) is 0 Å². The van der Waals surface area contributed by atoms with E-state index in [0.29, 0.717) is 22.6 Å². The average Bonchev–Trinajstić information content (AvgIpc) is 2.77. The van der Waals surface area contributed by atoms with Gasteiger partial charge < -0.3 is 30.1 Å². The number of aryl methyl sites for hydroxylation is 1. The predicted octanol–water partition coefficient (Wildman–Crippen LogP) is 4.54. The van der Waals surface area contributed by atoms with E-state index >= 15 is 0 Å². The number of hydrogen-bond acceptors (Lipinski definition) is 6. The lowest BCUT2D eigenvalue weighted by Gasteiger charge is -2.36. The molecule has 0 aliphatic carbocycles. The van der Waals surface area contributed by atoms with Crippen LogP contribution in [0.15, 0.2) is 42.5 Å². The number of nitrogens with zero attached hydrogens (tertiary/aromatic N) is 1. The molecule has 0 spiro atoms. The highest BCUT2D eigenvalue weighted by Crippen LogP contribution is 2.30. The molecule has 0 fully saturated rings. The molecular formula is C27H37N3O6. The van der Waals surface area contributed by atoms with Gasteiger partial charge in [0.1, 0.15) is 29.2 Å². The zero-order chi connectivity index (χ0) is 27.2. The molecule has 2 aromatic carbocycles. The SMILES string of the molecule is COc1ccc(NC(=O)C(c2ccc(O)c(C)c2)N(C(=O)C(C)NC(=O)OC(C)(C)C)C(C)C)cc1. The van der Waals surface area contributed by atoms with Crippen LogP contribution in [0.4, 0.5) is 10.5 Å². The van der Waals surface area contributed by atoms with Gasteiger partial charge in [-0.3, -0.25) is 9.59 Å². The highest BCUT2D eigenvalue weighted by molar-refractivity contribution is 5.99. The van der Waals surface area contributed by atoms with Crippen molar-refractivity contribution in [3.8, 4) is 11.5 Å². The number of aromatic hydroxyl groups is 1. The Morgan fingerprint density at radius 2 is 1.61 bits per heavy atom. The molecule has 2 aromatic rings. The van der Waals surface area contributed by atoms with Crippen LogP contribution in [0.25, 0.3) is 0 Å². The summed E-state index contributed by atoms with van der Waals surface area (Å²) in [5.41, 5.74) is 0.876. The van der Waals surface area contributed by atoms with Crippen molar-refractivity contribution < 1.29 is 29.0 Å². The molecule has 0 saturated heterocycles. The first kappa shape index (κ1) is 28.5. The van der Waals surface area contributed by atoms with Crippen molar-refractivity contribution in [2.75, 3.05) is 12.4 Å². The molecule has 9 heteroatoms. The summed E-state index contributed by atoms with van der Waals surface area (Å²) >= 11 is 0. The number of carbonyl (C=O) groups is 3. The number of methoxy groups -OCH3 is 1. The summed E-state index contributed by atoms with van der Waals surface area (Å²) in [7, 11) is 1.55. The molecule has 0 aliphatic heterocycles. The largest absolute Gasteiger partial charge is 0.508 e. The van der Waals surface area contributed by atoms with Gasteiger partial charge >= 0.3 is 6.09 Å². The van der Waals surface area contributed by atoms with Crippen LogP contribution in [-0.2, 0) is 14.3 Å². The summed E-state index contributed by atoms with van der Waals surface area (Å²) in [6.45, 7) is 12.0. The number of rotatable bonds is 8. The van der Waals surface area contributed by atoms with Gasteiger partial charge in [0.05, 0.1) is 7.11 Å². The minimum Gasteiger partial charge on any atom is -0.508 e. The Bertz CT molecular complexity index is 1080. The molecule has 2 unspecified atom stereocenters. The number of nitrogens with one attached hydrogen (secondary N) is 2. The Morgan fingerprint density at radius 1 is 1.00 bits per heavy atom. The molecule has 0 bridgehead atoms. The van der Waals surface area contributed by atoms with Gasteiger partial charge in [0.15, 0.2) is 0 Å². The van der Waals surface area contributed by atoms with E-state index in [1.54, 1.807) is 92.0 Å². The molecule has 0 radical (unpaired) electrons. The molecule has 0 aliphatic rings. The third-order valence-electron chi connectivity index (χ3n) is 5.34. The summed E-state index contributed by atoms with van der Waals surface area (Å²) in [5.74, 6) is -0.191. The van der Waals surface area contributed by atoms with Crippen LogP contribution in [0.2, 0.25) is 0 Å². The summed E-state index contributed by atoms with van der Waals surface area (Å²) in [4.78, 5) is 41.0. The van der Waals surface area contributed by atoms with Crippen LogP contribution in [0.3, 0.4) is 0 Å². The summed E-state index contributed by atoms with van der Waals surface area (Å²) < 4.78 is 10.5. The van der Waals surface area contributed by atoms with Gasteiger partial charge in [0.2, 0.25) is 5.91 Å². The Kier molecular flexibility index (Phi) is 9.33. The second-order valence-electron chi connectivity index (χ2n) is 9.87. The normalized spacial score (nSPS) is 12.9. The average molecular weight is 500 g/mol. The van der Waals surface area contributed by atoms with E-state index in [1.165, 1.54) is 11.0 Å². The van der Waals surface area contributed by atoms with Gasteiger partial charge in [-0.05, 0) is 96.0 Å². The number of carbonyl (C=O) groups excluding carboxylic acids is 3.